The topological polar surface area (TPSA) is 54.3 Å². The number of hydrogen-bond acceptors (Lipinski definition) is 3. The SMILES string of the molecule is CCCNCc1cc(S(=O)(=O)N(C)CC)cn1C(C)C. The predicted molar refractivity (Wildman–Crippen MR) is 82.3 cm³/mol. The number of aromatic nitrogens is 1. The Morgan fingerprint density at radius 2 is 2.00 bits per heavy atom. The van der Waals surface area contributed by atoms with E-state index in [9.17, 15) is 8.42 Å². The fraction of sp³-hybridized carbons (Fsp3) is 0.714. The van der Waals surface area contributed by atoms with Crippen molar-refractivity contribution in [3.05, 3.63) is 18.0 Å². The van der Waals surface area contributed by atoms with Crippen LogP contribution in [-0.2, 0) is 16.6 Å². The van der Waals surface area contributed by atoms with E-state index in [4.69, 9.17) is 0 Å². The highest BCUT2D eigenvalue weighted by molar-refractivity contribution is 7.89. The van der Waals surface area contributed by atoms with Crippen molar-refractivity contribution in [1.82, 2.24) is 14.2 Å². The Labute approximate surface area is 123 Å². The van der Waals surface area contributed by atoms with Gasteiger partial charge in [-0.05, 0) is 32.9 Å². The predicted octanol–water partition coefficient (Wildman–Crippen LogP) is 2.21. The molecule has 0 atom stereocenters. The molecule has 0 radical (unpaired) electrons. The van der Waals surface area contributed by atoms with Gasteiger partial charge >= 0.3 is 0 Å². The average Bonchev–Trinajstić information content (AvgIpc) is 2.83. The third-order valence-electron chi connectivity index (χ3n) is 3.35. The van der Waals surface area contributed by atoms with Crippen LogP contribution in [0.1, 0.15) is 45.9 Å². The molecular formula is C14H27N3O2S. The summed E-state index contributed by atoms with van der Waals surface area (Å²) in [5.74, 6) is 0. The van der Waals surface area contributed by atoms with Gasteiger partial charge in [0.05, 0.1) is 0 Å². The molecule has 1 aromatic heterocycles. The van der Waals surface area contributed by atoms with E-state index in [1.54, 1.807) is 19.3 Å². The zero-order valence-corrected chi connectivity index (χ0v) is 14.0. The van der Waals surface area contributed by atoms with Gasteiger partial charge in [0.25, 0.3) is 0 Å². The molecule has 1 heterocycles. The van der Waals surface area contributed by atoms with Crippen molar-refractivity contribution < 1.29 is 8.42 Å². The Morgan fingerprint density at radius 3 is 2.50 bits per heavy atom. The highest BCUT2D eigenvalue weighted by Gasteiger charge is 2.22. The van der Waals surface area contributed by atoms with Crippen LogP contribution >= 0.6 is 0 Å². The van der Waals surface area contributed by atoms with Crippen LogP contribution in [0.5, 0.6) is 0 Å². The quantitative estimate of drug-likeness (QED) is 0.749. The lowest BCUT2D eigenvalue weighted by molar-refractivity contribution is 0.485. The highest BCUT2D eigenvalue weighted by Crippen LogP contribution is 2.21. The summed E-state index contributed by atoms with van der Waals surface area (Å²) in [5.41, 5.74) is 1.01. The van der Waals surface area contributed by atoms with Crippen molar-refractivity contribution in [2.75, 3.05) is 20.1 Å². The molecule has 0 aliphatic heterocycles. The Bertz CT molecular complexity index is 521. The molecule has 1 N–H and O–H groups in total. The molecule has 20 heavy (non-hydrogen) atoms. The van der Waals surface area contributed by atoms with Gasteiger partial charge in [-0.25, -0.2) is 12.7 Å². The molecule has 0 bridgehead atoms. The number of sulfonamides is 1. The molecule has 0 amide bonds. The third-order valence-corrected chi connectivity index (χ3v) is 5.25. The molecule has 6 heteroatoms. The van der Waals surface area contributed by atoms with Crippen molar-refractivity contribution >= 4 is 10.0 Å². The van der Waals surface area contributed by atoms with Crippen molar-refractivity contribution in [3.8, 4) is 0 Å². The van der Waals surface area contributed by atoms with Gasteiger partial charge in [-0.1, -0.05) is 13.8 Å². The summed E-state index contributed by atoms with van der Waals surface area (Å²) < 4.78 is 28.1. The molecule has 0 saturated carbocycles. The van der Waals surface area contributed by atoms with Gasteiger partial charge in [-0.15, -0.1) is 0 Å². The first-order valence-electron chi connectivity index (χ1n) is 7.22. The summed E-state index contributed by atoms with van der Waals surface area (Å²) in [7, 11) is -1.76. The summed E-state index contributed by atoms with van der Waals surface area (Å²) in [5, 5.41) is 3.33. The molecule has 0 aromatic carbocycles. The normalized spacial score (nSPS) is 12.6. The van der Waals surface area contributed by atoms with Crippen molar-refractivity contribution in [2.24, 2.45) is 0 Å². The van der Waals surface area contributed by atoms with Crippen molar-refractivity contribution in [2.45, 2.75) is 51.6 Å². The van der Waals surface area contributed by atoms with Gasteiger partial charge in [-0.3, -0.25) is 0 Å². The van der Waals surface area contributed by atoms with Gasteiger partial charge in [0.2, 0.25) is 10.0 Å². The van der Waals surface area contributed by atoms with E-state index >= 15 is 0 Å². The largest absolute Gasteiger partial charge is 0.346 e. The lowest BCUT2D eigenvalue weighted by Gasteiger charge is -2.14. The Kier molecular flexibility index (Phi) is 6.23. The number of nitrogens with zero attached hydrogens (tertiary/aromatic N) is 2. The summed E-state index contributed by atoms with van der Waals surface area (Å²) >= 11 is 0. The molecule has 0 aliphatic carbocycles. The van der Waals surface area contributed by atoms with E-state index in [-0.39, 0.29) is 6.04 Å². The molecule has 0 unspecified atom stereocenters. The summed E-state index contributed by atoms with van der Waals surface area (Å²) in [6.07, 6.45) is 2.81. The van der Waals surface area contributed by atoms with Crippen LogP contribution in [0.4, 0.5) is 0 Å². The van der Waals surface area contributed by atoms with E-state index in [1.165, 1.54) is 4.31 Å². The van der Waals surface area contributed by atoms with Gasteiger partial charge in [-0.2, -0.15) is 0 Å². The average molecular weight is 301 g/mol. The van der Waals surface area contributed by atoms with E-state index in [0.717, 1.165) is 18.7 Å². The molecule has 1 aromatic rings. The zero-order chi connectivity index (χ0) is 15.3. The maximum Gasteiger partial charge on any atom is 0.244 e. The maximum absolute atomic E-state index is 12.4. The van der Waals surface area contributed by atoms with Crippen LogP contribution in [0.15, 0.2) is 17.2 Å². The minimum Gasteiger partial charge on any atom is -0.346 e. The number of hydrogen-bond donors (Lipinski definition) is 1. The minimum absolute atomic E-state index is 0.240. The lowest BCUT2D eigenvalue weighted by atomic mass is 10.3. The molecule has 0 fully saturated rings. The maximum atomic E-state index is 12.4. The number of rotatable bonds is 8. The molecule has 0 spiro atoms. The Hall–Kier alpha value is -0.850. The first-order valence-corrected chi connectivity index (χ1v) is 8.66. The second-order valence-electron chi connectivity index (χ2n) is 5.26. The smallest absolute Gasteiger partial charge is 0.244 e. The van der Waals surface area contributed by atoms with E-state index < -0.39 is 10.0 Å². The van der Waals surface area contributed by atoms with Crippen LogP contribution < -0.4 is 5.32 Å². The summed E-state index contributed by atoms with van der Waals surface area (Å²) in [6, 6.07) is 2.02. The van der Waals surface area contributed by atoms with Crippen LogP contribution in [0, 0.1) is 0 Å². The van der Waals surface area contributed by atoms with Gasteiger partial charge in [0.15, 0.2) is 0 Å². The van der Waals surface area contributed by atoms with Gasteiger partial charge in [0.1, 0.15) is 4.90 Å². The van der Waals surface area contributed by atoms with Crippen LogP contribution in [0.2, 0.25) is 0 Å². The fourth-order valence-corrected chi connectivity index (χ4v) is 3.23. The Morgan fingerprint density at radius 1 is 1.35 bits per heavy atom. The van der Waals surface area contributed by atoms with Crippen LogP contribution in [-0.4, -0.2) is 37.4 Å². The molecule has 5 nitrogen and oxygen atoms in total. The van der Waals surface area contributed by atoms with E-state index in [2.05, 4.69) is 26.1 Å². The van der Waals surface area contributed by atoms with E-state index in [1.807, 2.05) is 11.5 Å². The molecule has 1 rings (SSSR count). The van der Waals surface area contributed by atoms with Crippen molar-refractivity contribution in [1.29, 1.82) is 0 Å². The minimum atomic E-state index is -3.37. The number of nitrogens with one attached hydrogen (secondary N) is 1. The molecule has 116 valence electrons. The summed E-state index contributed by atoms with van der Waals surface area (Å²) in [4.78, 5) is 0.379. The van der Waals surface area contributed by atoms with Crippen LogP contribution in [0.25, 0.3) is 0 Å². The second kappa shape index (κ2) is 7.24. The van der Waals surface area contributed by atoms with Gasteiger partial charge < -0.3 is 9.88 Å². The van der Waals surface area contributed by atoms with Crippen LogP contribution in [0.3, 0.4) is 0 Å². The van der Waals surface area contributed by atoms with E-state index in [0.29, 0.717) is 18.0 Å². The van der Waals surface area contributed by atoms with Crippen molar-refractivity contribution in [3.63, 3.8) is 0 Å². The molecule has 0 saturated heterocycles. The first kappa shape index (κ1) is 17.2. The lowest BCUT2D eigenvalue weighted by Crippen LogP contribution is -2.26. The first-order chi connectivity index (χ1) is 9.34. The molecular weight excluding hydrogens is 274 g/mol. The fourth-order valence-electron chi connectivity index (χ4n) is 2.00. The third kappa shape index (κ3) is 3.84. The Balaban J connectivity index is 3.09. The highest BCUT2D eigenvalue weighted by atomic mass is 32.2. The summed E-state index contributed by atoms with van der Waals surface area (Å²) in [6.45, 7) is 10.2. The monoisotopic (exact) mass is 301 g/mol. The second-order valence-corrected chi connectivity index (χ2v) is 7.31. The molecule has 0 aliphatic rings. The standard InChI is InChI=1S/C14H27N3O2S/c1-6-8-15-10-13-9-14(11-17(13)12(3)4)20(18,19)16(5)7-2/h9,11-12,15H,6-8,10H2,1-5H3. The zero-order valence-electron chi connectivity index (χ0n) is 13.2. The van der Waals surface area contributed by atoms with Gasteiger partial charge in [0, 0.05) is 38.1 Å².